The number of nitro benzene ring substituents is 1. The van der Waals surface area contributed by atoms with Crippen molar-refractivity contribution in [3.05, 3.63) is 70.7 Å². The fourth-order valence-corrected chi connectivity index (χ4v) is 3.63. The largest absolute Gasteiger partial charge is 0.456 e. The standard InChI is InChI=1S/C23H21N5O4/c1-13(2)27-11-18(21-22(24)25-12-26-23(21)27)17-9-8-15(10-19(17)28(30)31)32-20-7-5-4-6-16(20)14(3)29/h4-13H,1-3H3,(H2,24,25,26). The zero-order valence-electron chi connectivity index (χ0n) is 17.8. The summed E-state index contributed by atoms with van der Waals surface area (Å²) >= 11 is 0. The number of benzene rings is 2. The third-order valence-electron chi connectivity index (χ3n) is 5.15. The van der Waals surface area contributed by atoms with Crippen LogP contribution in [0.1, 0.15) is 37.2 Å². The third-order valence-corrected chi connectivity index (χ3v) is 5.15. The lowest BCUT2D eigenvalue weighted by Gasteiger charge is -2.10. The highest BCUT2D eigenvalue weighted by atomic mass is 16.6. The molecule has 0 radical (unpaired) electrons. The molecular weight excluding hydrogens is 410 g/mol. The molecule has 0 amide bonds. The first kappa shape index (κ1) is 21.0. The van der Waals surface area contributed by atoms with Gasteiger partial charge < -0.3 is 15.0 Å². The van der Waals surface area contributed by atoms with Crippen LogP contribution in [0, 0.1) is 10.1 Å². The molecule has 0 aliphatic heterocycles. The number of Topliss-reactive ketones (excluding diaryl/α,β-unsaturated/α-hetero) is 1. The second-order valence-corrected chi connectivity index (χ2v) is 7.59. The second kappa shape index (κ2) is 8.10. The molecule has 0 saturated carbocycles. The van der Waals surface area contributed by atoms with Gasteiger partial charge in [-0.1, -0.05) is 12.1 Å². The van der Waals surface area contributed by atoms with Gasteiger partial charge in [-0.15, -0.1) is 0 Å². The quantitative estimate of drug-likeness (QED) is 0.254. The number of para-hydroxylation sites is 1. The number of nitrogen functional groups attached to an aromatic ring is 1. The van der Waals surface area contributed by atoms with Crippen molar-refractivity contribution in [1.29, 1.82) is 0 Å². The summed E-state index contributed by atoms with van der Waals surface area (Å²) in [5.74, 6) is 0.653. The maximum Gasteiger partial charge on any atom is 0.281 e. The Morgan fingerprint density at radius 1 is 1.16 bits per heavy atom. The van der Waals surface area contributed by atoms with Crippen molar-refractivity contribution in [3.8, 4) is 22.6 Å². The van der Waals surface area contributed by atoms with Crippen LogP contribution < -0.4 is 10.5 Å². The van der Waals surface area contributed by atoms with Gasteiger partial charge >= 0.3 is 0 Å². The van der Waals surface area contributed by atoms with Gasteiger partial charge in [-0.3, -0.25) is 14.9 Å². The highest BCUT2D eigenvalue weighted by molar-refractivity contribution is 6.02. The average molecular weight is 431 g/mol. The van der Waals surface area contributed by atoms with Crippen LogP contribution in [0.5, 0.6) is 11.5 Å². The van der Waals surface area contributed by atoms with E-state index in [9.17, 15) is 14.9 Å². The van der Waals surface area contributed by atoms with E-state index in [1.807, 2.05) is 18.4 Å². The molecule has 2 aromatic carbocycles. The number of rotatable bonds is 6. The Morgan fingerprint density at radius 2 is 1.91 bits per heavy atom. The number of nitrogens with zero attached hydrogens (tertiary/aromatic N) is 4. The average Bonchev–Trinajstić information content (AvgIpc) is 3.15. The summed E-state index contributed by atoms with van der Waals surface area (Å²) in [5, 5.41) is 12.5. The Labute approximate surface area is 183 Å². The van der Waals surface area contributed by atoms with Gasteiger partial charge in [0.2, 0.25) is 0 Å². The molecule has 32 heavy (non-hydrogen) atoms. The normalized spacial score (nSPS) is 11.1. The first-order chi connectivity index (χ1) is 15.3. The minimum absolute atomic E-state index is 0.0605. The van der Waals surface area contributed by atoms with Crippen molar-refractivity contribution in [2.75, 3.05) is 5.73 Å². The Balaban J connectivity index is 1.86. The summed E-state index contributed by atoms with van der Waals surface area (Å²) in [4.78, 5) is 31.8. The summed E-state index contributed by atoms with van der Waals surface area (Å²) in [5.41, 5.74) is 7.89. The van der Waals surface area contributed by atoms with Crippen LogP contribution in [0.15, 0.2) is 55.0 Å². The van der Waals surface area contributed by atoms with Crippen molar-refractivity contribution >= 4 is 28.3 Å². The topological polar surface area (TPSA) is 126 Å². The zero-order valence-corrected chi connectivity index (χ0v) is 17.8. The number of ketones is 1. The van der Waals surface area contributed by atoms with Crippen LogP contribution in [0.4, 0.5) is 11.5 Å². The highest BCUT2D eigenvalue weighted by Gasteiger charge is 2.24. The van der Waals surface area contributed by atoms with Crippen molar-refractivity contribution in [2.24, 2.45) is 0 Å². The molecule has 9 heteroatoms. The number of hydrogen-bond donors (Lipinski definition) is 1. The Kier molecular flexibility index (Phi) is 5.31. The molecule has 2 heterocycles. The number of nitrogens with two attached hydrogens (primary N) is 1. The Morgan fingerprint density at radius 3 is 2.59 bits per heavy atom. The zero-order chi connectivity index (χ0) is 23.0. The van der Waals surface area contributed by atoms with Gasteiger partial charge in [-0.25, -0.2) is 9.97 Å². The lowest BCUT2D eigenvalue weighted by molar-refractivity contribution is -0.384. The monoisotopic (exact) mass is 431 g/mol. The Hall–Kier alpha value is -4.27. The molecule has 0 bridgehead atoms. The maximum atomic E-state index is 12.0. The summed E-state index contributed by atoms with van der Waals surface area (Å²) in [6.07, 6.45) is 3.17. The van der Waals surface area contributed by atoms with Gasteiger partial charge in [0.25, 0.3) is 5.69 Å². The molecule has 162 valence electrons. The van der Waals surface area contributed by atoms with E-state index in [0.29, 0.717) is 33.5 Å². The van der Waals surface area contributed by atoms with Crippen LogP contribution in [0.3, 0.4) is 0 Å². The predicted octanol–water partition coefficient (Wildman–Crippen LogP) is 5.16. The number of carbonyl (C=O) groups is 1. The first-order valence-corrected chi connectivity index (χ1v) is 9.95. The lowest BCUT2D eigenvalue weighted by atomic mass is 10.0. The summed E-state index contributed by atoms with van der Waals surface area (Å²) < 4.78 is 7.73. The molecule has 0 unspecified atom stereocenters. The van der Waals surface area contributed by atoms with Crippen LogP contribution in [0.2, 0.25) is 0 Å². The van der Waals surface area contributed by atoms with Crippen LogP contribution in [-0.4, -0.2) is 25.2 Å². The van der Waals surface area contributed by atoms with Gasteiger partial charge in [0.05, 0.1) is 27.5 Å². The highest BCUT2D eigenvalue weighted by Crippen LogP contribution is 2.41. The molecule has 4 rings (SSSR count). The molecule has 0 atom stereocenters. The van der Waals surface area contributed by atoms with Gasteiger partial charge in [0.15, 0.2) is 5.78 Å². The van der Waals surface area contributed by atoms with Gasteiger partial charge in [0, 0.05) is 17.8 Å². The minimum atomic E-state index is -0.475. The second-order valence-electron chi connectivity index (χ2n) is 7.59. The molecule has 2 aromatic heterocycles. The number of nitro groups is 1. The van der Waals surface area contributed by atoms with Crippen molar-refractivity contribution in [3.63, 3.8) is 0 Å². The van der Waals surface area contributed by atoms with E-state index in [2.05, 4.69) is 9.97 Å². The van der Waals surface area contributed by atoms with E-state index >= 15 is 0 Å². The number of fused-ring (bicyclic) bond motifs is 1. The molecule has 2 N–H and O–H groups in total. The number of anilines is 1. The molecule has 4 aromatic rings. The third kappa shape index (κ3) is 3.64. The molecule has 0 fully saturated rings. The molecule has 9 nitrogen and oxygen atoms in total. The van der Waals surface area contributed by atoms with Gasteiger partial charge in [-0.05, 0) is 45.0 Å². The number of aromatic nitrogens is 3. The molecule has 0 aliphatic carbocycles. The lowest BCUT2D eigenvalue weighted by Crippen LogP contribution is -2.00. The fraction of sp³-hybridized carbons (Fsp3) is 0.174. The van der Waals surface area contributed by atoms with Crippen LogP contribution in [0.25, 0.3) is 22.2 Å². The van der Waals surface area contributed by atoms with E-state index in [0.717, 1.165) is 0 Å². The van der Waals surface area contributed by atoms with Gasteiger partial charge in [0.1, 0.15) is 29.3 Å². The Bertz CT molecular complexity index is 1360. The molecule has 0 aliphatic rings. The van der Waals surface area contributed by atoms with Gasteiger partial charge in [-0.2, -0.15) is 0 Å². The van der Waals surface area contributed by atoms with Crippen molar-refractivity contribution in [2.45, 2.75) is 26.8 Å². The first-order valence-electron chi connectivity index (χ1n) is 9.95. The van der Waals surface area contributed by atoms with E-state index in [4.69, 9.17) is 10.5 Å². The van der Waals surface area contributed by atoms with Crippen molar-refractivity contribution < 1.29 is 14.5 Å². The fourth-order valence-electron chi connectivity index (χ4n) is 3.63. The molecule has 0 spiro atoms. The molecule has 0 saturated heterocycles. The summed E-state index contributed by atoms with van der Waals surface area (Å²) in [7, 11) is 0. The van der Waals surface area contributed by atoms with E-state index in [1.54, 1.807) is 42.6 Å². The maximum absolute atomic E-state index is 12.0. The number of carbonyl (C=O) groups excluding carboxylic acids is 1. The van der Waals surface area contributed by atoms with E-state index < -0.39 is 4.92 Å². The van der Waals surface area contributed by atoms with Crippen LogP contribution in [-0.2, 0) is 0 Å². The van der Waals surface area contributed by atoms with Crippen LogP contribution >= 0.6 is 0 Å². The number of hydrogen-bond acceptors (Lipinski definition) is 7. The van der Waals surface area contributed by atoms with Crippen molar-refractivity contribution in [1.82, 2.24) is 14.5 Å². The smallest absolute Gasteiger partial charge is 0.281 e. The predicted molar refractivity (Wildman–Crippen MR) is 121 cm³/mol. The molecular formula is C23H21N5O4. The van der Waals surface area contributed by atoms with E-state index in [-0.39, 0.29) is 29.1 Å². The minimum Gasteiger partial charge on any atom is -0.456 e. The summed E-state index contributed by atoms with van der Waals surface area (Å²) in [6.45, 7) is 5.41. The number of ether oxygens (including phenoxy) is 1. The SMILES string of the molecule is CC(=O)c1ccccc1Oc1ccc(-c2cn(C(C)C)c3ncnc(N)c23)c([N+](=O)[O-])c1. The summed E-state index contributed by atoms with van der Waals surface area (Å²) in [6, 6.07) is 11.4. The van der Waals surface area contributed by atoms with E-state index in [1.165, 1.54) is 19.3 Å².